The predicted molar refractivity (Wildman–Crippen MR) is 84.3 cm³/mol. The summed E-state index contributed by atoms with van der Waals surface area (Å²) >= 11 is 0. The van der Waals surface area contributed by atoms with E-state index in [-0.39, 0.29) is 22.2 Å². The van der Waals surface area contributed by atoms with Crippen LogP contribution in [0.4, 0.5) is 0 Å². The molecule has 0 aliphatic carbocycles. The Kier molecular flexibility index (Phi) is 3.51. The summed E-state index contributed by atoms with van der Waals surface area (Å²) in [7, 11) is 1.61. The van der Waals surface area contributed by atoms with Gasteiger partial charge in [-0.2, -0.15) is 5.10 Å². The Morgan fingerprint density at radius 1 is 1.08 bits per heavy atom. The number of carbonyl (C=O) groups excluding carboxylic acids is 3. The molecule has 0 saturated carbocycles. The van der Waals surface area contributed by atoms with Gasteiger partial charge < -0.3 is 4.84 Å². The van der Waals surface area contributed by atoms with Crippen molar-refractivity contribution in [2.24, 2.45) is 7.05 Å². The van der Waals surface area contributed by atoms with Crippen molar-refractivity contribution < 1.29 is 19.2 Å². The highest BCUT2D eigenvalue weighted by Gasteiger charge is 2.39. The van der Waals surface area contributed by atoms with Gasteiger partial charge in [-0.15, -0.1) is 0 Å². The summed E-state index contributed by atoms with van der Waals surface area (Å²) in [5.41, 5.74) is 1.06. The SMILES string of the molecule is Cn1nc(C(C)(C)C)cc1C(=O)ON1C(=O)c2ccccc2C1=O. The highest BCUT2D eigenvalue weighted by atomic mass is 16.7. The number of aryl methyl sites for hydroxylation is 1. The summed E-state index contributed by atoms with van der Waals surface area (Å²) in [5.74, 6) is -2.11. The number of amides is 2. The van der Waals surface area contributed by atoms with Crippen LogP contribution >= 0.6 is 0 Å². The molecule has 2 aromatic rings. The molecule has 0 N–H and O–H groups in total. The molecule has 0 radical (unpaired) electrons. The lowest BCUT2D eigenvalue weighted by molar-refractivity contribution is -0.0591. The number of hydroxylamine groups is 2. The van der Waals surface area contributed by atoms with E-state index in [1.807, 2.05) is 20.8 Å². The molecule has 0 spiro atoms. The molecule has 7 nitrogen and oxygen atoms in total. The molecule has 3 rings (SSSR count). The lowest BCUT2D eigenvalue weighted by Crippen LogP contribution is -2.33. The molecular formula is C17H17N3O4. The first-order valence-corrected chi connectivity index (χ1v) is 7.45. The van der Waals surface area contributed by atoms with E-state index in [1.165, 1.54) is 16.8 Å². The summed E-state index contributed by atoms with van der Waals surface area (Å²) in [5, 5.41) is 4.78. The normalized spacial score (nSPS) is 14.1. The van der Waals surface area contributed by atoms with Crippen molar-refractivity contribution in [3.05, 3.63) is 52.8 Å². The Hall–Kier alpha value is -2.96. The van der Waals surface area contributed by atoms with Crippen LogP contribution in [-0.2, 0) is 17.3 Å². The van der Waals surface area contributed by atoms with Crippen LogP contribution in [0.3, 0.4) is 0 Å². The highest BCUT2D eigenvalue weighted by molar-refractivity contribution is 6.21. The molecule has 0 fully saturated rings. The molecule has 1 aromatic heterocycles. The number of fused-ring (bicyclic) bond motifs is 1. The van der Waals surface area contributed by atoms with Crippen LogP contribution in [0.1, 0.15) is 57.7 Å². The van der Waals surface area contributed by atoms with Crippen LogP contribution in [0.15, 0.2) is 30.3 Å². The standard InChI is InChI=1S/C17H17N3O4/c1-17(2,3)13-9-12(19(4)18-13)16(23)24-20-14(21)10-7-5-6-8-11(10)15(20)22/h5-9H,1-4H3. The molecule has 24 heavy (non-hydrogen) atoms. The second kappa shape index (κ2) is 5.30. The molecule has 0 unspecified atom stereocenters. The second-order valence-corrected chi connectivity index (χ2v) is 6.62. The minimum Gasteiger partial charge on any atom is -0.323 e. The van der Waals surface area contributed by atoms with Gasteiger partial charge in [0.2, 0.25) is 0 Å². The van der Waals surface area contributed by atoms with E-state index in [0.717, 1.165) is 0 Å². The number of hydrogen-bond donors (Lipinski definition) is 0. The Morgan fingerprint density at radius 2 is 1.62 bits per heavy atom. The molecule has 0 bridgehead atoms. The lowest BCUT2D eigenvalue weighted by Gasteiger charge is -2.13. The van der Waals surface area contributed by atoms with Gasteiger partial charge in [-0.05, 0) is 18.2 Å². The van der Waals surface area contributed by atoms with E-state index >= 15 is 0 Å². The third kappa shape index (κ3) is 2.47. The van der Waals surface area contributed by atoms with Crippen molar-refractivity contribution in [1.82, 2.24) is 14.8 Å². The summed E-state index contributed by atoms with van der Waals surface area (Å²) in [6.07, 6.45) is 0. The van der Waals surface area contributed by atoms with E-state index in [2.05, 4.69) is 5.10 Å². The van der Waals surface area contributed by atoms with Crippen LogP contribution < -0.4 is 0 Å². The fourth-order valence-electron chi connectivity index (χ4n) is 2.40. The van der Waals surface area contributed by atoms with E-state index < -0.39 is 17.8 Å². The maximum Gasteiger partial charge on any atom is 0.381 e. The van der Waals surface area contributed by atoms with Gasteiger partial charge in [0.1, 0.15) is 5.69 Å². The van der Waals surface area contributed by atoms with E-state index in [1.54, 1.807) is 25.2 Å². The summed E-state index contributed by atoms with van der Waals surface area (Å²) in [6, 6.07) is 7.93. The van der Waals surface area contributed by atoms with Gasteiger partial charge in [-0.1, -0.05) is 38.0 Å². The number of hydrogen-bond acceptors (Lipinski definition) is 5. The number of nitrogens with zero attached hydrogens (tertiary/aromatic N) is 3. The van der Waals surface area contributed by atoms with Gasteiger partial charge in [-0.25, -0.2) is 4.79 Å². The Balaban J connectivity index is 1.86. The maximum atomic E-state index is 12.4. The topological polar surface area (TPSA) is 81.5 Å². The van der Waals surface area contributed by atoms with Gasteiger partial charge in [0.05, 0.1) is 16.8 Å². The van der Waals surface area contributed by atoms with Crippen LogP contribution in [0.25, 0.3) is 0 Å². The molecule has 1 aliphatic heterocycles. The zero-order valence-electron chi connectivity index (χ0n) is 13.9. The van der Waals surface area contributed by atoms with Crippen molar-refractivity contribution in [1.29, 1.82) is 0 Å². The van der Waals surface area contributed by atoms with Crippen molar-refractivity contribution in [2.75, 3.05) is 0 Å². The largest absolute Gasteiger partial charge is 0.381 e. The average Bonchev–Trinajstić information content (AvgIpc) is 3.02. The number of aromatic nitrogens is 2. The molecular weight excluding hydrogens is 310 g/mol. The molecule has 0 atom stereocenters. The van der Waals surface area contributed by atoms with E-state index in [4.69, 9.17) is 4.84 Å². The van der Waals surface area contributed by atoms with Gasteiger partial charge in [0.25, 0.3) is 11.8 Å². The molecule has 0 saturated heterocycles. The second-order valence-electron chi connectivity index (χ2n) is 6.62. The van der Waals surface area contributed by atoms with Crippen molar-refractivity contribution in [2.45, 2.75) is 26.2 Å². The smallest absolute Gasteiger partial charge is 0.323 e. The minimum atomic E-state index is -0.810. The van der Waals surface area contributed by atoms with Crippen molar-refractivity contribution >= 4 is 17.8 Å². The monoisotopic (exact) mass is 327 g/mol. The van der Waals surface area contributed by atoms with Crippen LogP contribution in [0, 0.1) is 0 Å². The third-order valence-corrected chi connectivity index (χ3v) is 3.79. The summed E-state index contributed by atoms with van der Waals surface area (Å²) < 4.78 is 1.38. The first-order chi connectivity index (χ1) is 11.2. The van der Waals surface area contributed by atoms with Crippen LogP contribution in [0.5, 0.6) is 0 Å². The quantitative estimate of drug-likeness (QED) is 0.789. The Morgan fingerprint density at radius 3 is 2.08 bits per heavy atom. The van der Waals surface area contributed by atoms with Gasteiger partial charge >= 0.3 is 5.97 Å². The average molecular weight is 327 g/mol. The van der Waals surface area contributed by atoms with E-state index in [0.29, 0.717) is 10.8 Å². The lowest BCUT2D eigenvalue weighted by atomic mass is 9.92. The van der Waals surface area contributed by atoms with Crippen LogP contribution in [0.2, 0.25) is 0 Å². The zero-order valence-corrected chi connectivity index (χ0v) is 13.9. The maximum absolute atomic E-state index is 12.4. The van der Waals surface area contributed by atoms with Crippen molar-refractivity contribution in [3.63, 3.8) is 0 Å². The van der Waals surface area contributed by atoms with Crippen LogP contribution in [-0.4, -0.2) is 32.6 Å². The highest BCUT2D eigenvalue weighted by Crippen LogP contribution is 2.25. The predicted octanol–water partition coefficient (Wildman–Crippen LogP) is 2.09. The van der Waals surface area contributed by atoms with Gasteiger partial charge in [0, 0.05) is 12.5 Å². The molecule has 1 aliphatic rings. The zero-order chi connectivity index (χ0) is 17.6. The molecule has 1 aromatic carbocycles. The Labute approximate surface area is 138 Å². The van der Waals surface area contributed by atoms with Gasteiger partial charge in [0.15, 0.2) is 0 Å². The summed E-state index contributed by atoms with van der Waals surface area (Å²) in [6.45, 7) is 5.90. The molecule has 2 amide bonds. The molecule has 2 heterocycles. The van der Waals surface area contributed by atoms with Crippen molar-refractivity contribution in [3.8, 4) is 0 Å². The van der Waals surface area contributed by atoms with E-state index in [9.17, 15) is 14.4 Å². The number of benzene rings is 1. The minimum absolute atomic E-state index is 0.163. The number of imide groups is 1. The first kappa shape index (κ1) is 15.9. The fourth-order valence-corrected chi connectivity index (χ4v) is 2.40. The number of rotatable bonds is 2. The summed E-state index contributed by atoms with van der Waals surface area (Å²) in [4.78, 5) is 41.9. The number of carbonyl (C=O) groups is 3. The van der Waals surface area contributed by atoms with Gasteiger partial charge in [-0.3, -0.25) is 14.3 Å². The third-order valence-electron chi connectivity index (χ3n) is 3.79. The molecule has 124 valence electrons. The Bertz CT molecular complexity index is 826. The first-order valence-electron chi connectivity index (χ1n) is 7.45. The fraction of sp³-hybridized carbons (Fsp3) is 0.294. The molecule has 7 heteroatoms.